The first-order chi connectivity index (χ1) is 9.10. The van der Waals surface area contributed by atoms with Gasteiger partial charge in [-0.2, -0.15) is 5.10 Å². The van der Waals surface area contributed by atoms with Gasteiger partial charge >= 0.3 is 0 Å². The maximum atomic E-state index is 11.9. The van der Waals surface area contributed by atoms with Crippen LogP contribution >= 0.6 is 11.6 Å². The van der Waals surface area contributed by atoms with Crippen LogP contribution in [0.1, 0.15) is 13.8 Å². The third-order valence-corrected chi connectivity index (χ3v) is 5.51. The highest BCUT2D eigenvalue weighted by Crippen LogP contribution is 2.20. The van der Waals surface area contributed by atoms with Crippen LogP contribution in [0.25, 0.3) is 0 Å². The minimum atomic E-state index is -3.23. The van der Waals surface area contributed by atoms with Crippen molar-refractivity contribution in [1.29, 1.82) is 0 Å². The summed E-state index contributed by atoms with van der Waals surface area (Å²) in [4.78, 5) is 11.9. The second-order valence-electron chi connectivity index (χ2n) is 5.03. The van der Waals surface area contributed by atoms with Crippen molar-refractivity contribution in [2.45, 2.75) is 25.1 Å². The van der Waals surface area contributed by atoms with Crippen molar-refractivity contribution in [3.8, 4) is 0 Å². The van der Waals surface area contributed by atoms with Crippen molar-refractivity contribution in [2.75, 3.05) is 18.1 Å². The molecule has 0 aliphatic heterocycles. The molecule has 0 aliphatic carbocycles. The molecule has 1 aromatic rings. The van der Waals surface area contributed by atoms with Crippen LogP contribution in [-0.2, 0) is 16.4 Å². The van der Waals surface area contributed by atoms with Crippen LogP contribution in [0.15, 0.2) is 23.6 Å². The van der Waals surface area contributed by atoms with Crippen LogP contribution in [-0.4, -0.2) is 35.7 Å². The van der Waals surface area contributed by atoms with E-state index in [-0.39, 0.29) is 18.1 Å². The molecule has 1 rings (SSSR count). The van der Waals surface area contributed by atoms with Gasteiger partial charge in [-0.15, -0.1) is 6.58 Å². The van der Waals surface area contributed by atoms with E-state index in [4.69, 9.17) is 11.6 Å². The second-order valence-corrected chi connectivity index (χ2v) is 8.06. The second kappa shape index (κ2) is 5.97. The summed E-state index contributed by atoms with van der Waals surface area (Å²) in [5.74, 6) is 0. The highest BCUT2D eigenvalue weighted by atomic mass is 35.5. The van der Waals surface area contributed by atoms with Gasteiger partial charge in [0.2, 0.25) is 0 Å². The van der Waals surface area contributed by atoms with E-state index < -0.39 is 20.1 Å². The largest absolute Gasteiger partial charge is 0.381 e. The average Bonchev–Trinajstić information content (AvgIpc) is 2.33. The third kappa shape index (κ3) is 3.61. The standard InChI is InChI=1S/C12H18ClN3O3S/c1-5-6-16-11(17)10(13)9(7-15-16)14-8-12(2,3)20(4,18)19/h5,7,14H,1,6,8H2,2-4H3. The molecular formula is C12H18ClN3O3S. The molecule has 0 saturated carbocycles. The summed E-state index contributed by atoms with van der Waals surface area (Å²) in [6.45, 7) is 7.09. The smallest absolute Gasteiger partial charge is 0.287 e. The predicted molar refractivity (Wildman–Crippen MR) is 81.1 cm³/mol. The summed E-state index contributed by atoms with van der Waals surface area (Å²) >= 11 is 5.96. The summed E-state index contributed by atoms with van der Waals surface area (Å²) in [7, 11) is -3.23. The highest BCUT2D eigenvalue weighted by molar-refractivity contribution is 7.92. The number of aromatic nitrogens is 2. The molecule has 8 heteroatoms. The summed E-state index contributed by atoms with van der Waals surface area (Å²) < 4.78 is 23.4. The Morgan fingerprint density at radius 1 is 1.55 bits per heavy atom. The first-order valence-corrected chi connectivity index (χ1v) is 8.17. The zero-order valence-corrected chi connectivity index (χ0v) is 13.3. The van der Waals surface area contributed by atoms with Crippen LogP contribution in [0.4, 0.5) is 5.69 Å². The van der Waals surface area contributed by atoms with Crippen molar-refractivity contribution < 1.29 is 8.42 Å². The summed E-state index contributed by atoms with van der Waals surface area (Å²) in [5, 5.41) is 6.76. The minimum Gasteiger partial charge on any atom is -0.381 e. The van der Waals surface area contributed by atoms with Gasteiger partial charge in [-0.05, 0) is 13.8 Å². The fourth-order valence-electron chi connectivity index (χ4n) is 1.28. The number of nitrogens with zero attached hydrogens (tertiary/aromatic N) is 2. The van der Waals surface area contributed by atoms with Crippen molar-refractivity contribution in [1.82, 2.24) is 9.78 Å². The lowest BCUT2D eigenvalue weighted by Crippen LogP contribution is -2.38. The third-order valence-electron chi connectivity index (χ3n) is 3.00. The maximum absolute atomic E-state index is 11.9. The van der Waals surface area contributed by atoms with Gasteiger partial charge in [-0.25, -0.2) is 13.1 Å². The van der Waals surface area contributed by atoms with Crippen molar-refractivity contribution in [3.05, 3.63) is 34.2 Å². The quantitative estimate of drug-likeness (QED) is 0.800. The van der Waals surface area contributed by atoms with Gasteiger partial charge in [0.05, 0.1) is 23.2 Å². The Kier molecular flexibility index (Phi) is 4.99. The van der Waals surface area contributed by atoms with Crippen molar-refractivity contribution in [3.63, 3.8) is 0 Å². The van der Waals surface area contributed by atoms with Gasteiger partial charge in [0.15, 0.2) is 9.84 Å². The van der Waals surface area contributed by atoms with Gasteiger partial charge < -0.3 is 5.32 Å². The maximum Gasteiger partial charge on any atom is 0.287 e. The average molecular weight is 320 g/mol. The summed E-state index contributed by atoms with van der Waals surface area (Å²) in [6, 6.07) is 0. The summed E-state index contributed by atoms with van der Waals surface area (Å²) in [5.41, 5.74) is -0.137. The highest BCUT2D eigenvalue weighted by Gasteiger charge is 2.30. The summed E-state index contributed by atoms with van der Waals surface area (Å²) in [6.07, 6.45) is 4.09. The lowest BCUT2D eigenvalue weighted by molar-refractivity contribution is 0.559. The van der Waals surface area contributed by atoms with E-state index in [1.807, 2.05) is 0 Å². The molecule has 0 atom stereocenters. The molecule has 1 N–H and O–H groups in total. The Balaban J connectivity index is 2.99. The van der Waals surface area contributed by atoms with Crippen LogP contribution < -0.4 is 10.9 Å². The Bertz CT molecular complexity index is 665. The zero-order chi connectivity index (χ0) is 15.6. The molecule has 0 unspecified atom stereocenters. The molecule has 6 nitrogen and oxygen atoms in total. The van der Waals surface area contributed by atoms with Crippen molar-refractivity contribution >= 4 is 27.1 Å². The van der Waals surface area contributed by atoms with E-state index >= 15 is 0 Å². The van der Waals surface area contributed by atoms with Crippen LogP contribution in [0.5, 0.6) is 0 Å². The Morgan fingerprint density at radius 2 is 2.15 bits per heavy atom. The number of hydrogen-bond acceptors (Lipinski definition) is 5. The van der Waals surface area contributed by atoms with Gasteiger partial charge in [0, 0.05) is 12.8 Å². The fraction of sp³-hybridized carbons (Fsp3) is 0.500. The van der Waals surface area contributed by atoms with E-state index in [1.165, 1.54) is 17.0 Å². The molecule has 20 heavy (non-hydrogen) atoms. The van der Waals surface area contributed by atoms with E-state index in [9.17, 15) is 13.2 Å². The lowest BCUT2D eigenvalue weighted by atomic mass is 10.2. The number of hydrogen-bond donors (Lipinski definition) is 1. The fourth-order valence-corrected chi connectivity index (χ4v) is 1.83. The van der Waals surface area contributed by atoms with Gasteiger partial charge in [-0.3, -0.25) is 4.79 Å². The molecule has 0 aromatic carbocycles. The molecule has 112 valence electrons. The molecule has 0 radical (unpaired) electrons. The molecule has 0 spiro atoms. The normalized spacial score (nSPS) is 12.2. The number of halogens is 1. The first-order valence-electron chi connectivity index (χ1n) is 5.90. The zero-order valence-electron chi connectivity index (χ0n) is 11.7. The molecule has 0 bridgehead atoms. The van der Waals surface area contributed by atoms with E-state index in [0.717, 1.165) is 6.26 Å². The molecule has 0 aliphatic rings. The topological polar surface area (TPSA) is 81.1 Å². The Labute approximate surface area is 123 Å². The molecular weight excluding hydrogens is 302 g/mol. The molecule has 1 heterocycles. The Morgan fingerprint density at radius 3 is 2.65 bits per heavy atom. The van der Waals surface area contributed by atoms with E-state index in [2.05, 4.69) is 17.0 Å². The SMILES string of the molecule is C=CCn1ncc(NCC(C)(C)S(C)(=O)=O)c(Cl)c1=O. The number of sulfone groups is 1. The number of nitrogens with one attached hydrogen (secondary N) is 1. The van der Waals surface area contributed by atoms with Gasteiger partial charge in [-0.1, -0.05) is 17.7 Å². The molecule has 1 aromatic heterocycles. The number of rotatable bonds is 6. The first kappa shape index (κ1) is 16.7. The van der Waals surface area contributed by atoms with Crippen LogP contribution in [0, 0.1) is 0 Å². The van der Waals surface area contributed by atoms with Crippen molar-refractivity contribution in [2.24, 2.45) is 0 Å². The minimum absolute atomic E-state index is 0.0221. The Hall–Kier alpha value is -1.34. The van der Waals surface area contributed by atoms with E-state index in [1.54, 1.807) is 13.8 Å². The van der Waals surface area contributed by atoms with Gasteiger partial charge in [0.1, 0.15) is 5.02 Å². The molecule has 0 amide bonds. The van der Waals surface area contributed by atoms with E-state index in [0.29, 0.717) is 5.69 Å². The number of anilines is 1. The van der Waals surface area contributed by atoms with Crippen LogP contribution in [0.2, 0.25) is 5.02 Å². The predicted octanol–water partition coefficient (Wildman–Crippen LogP) is 1.32. The lowest BCUT2D eigenvalue weighted by Gasteiger charge is -2.23. The van der Waals surface area contributed by atoms with Crippen LogP contribution in [0.3, 0.4) is 0 Å². The number of allylic oxidation sites excluding steroid dienone is 1. The molecule has 0 saturated heterocycles. The molecule has 0 fully saturated rings. The van der Waals surface area contributed by atoms with Gasteiger partial charge in [0.25, 0.3) is 5.56 Å². The monoisotopic (exact) mass is 319 g/mol.